The van der Waals surface area contributed by atoms with Crippen LogP contribution < -0.4 is 5.32 Å². The molecule has 0 aliphatic heterocycles. The smallest absolute Gasteiger partial charge is 0.265 e. The Morgan fingerprint density at radius 2 is 1.93 bits per heavy atom. The first-order chi connectivity index (χ1) is 6.33. The fourth-order valence-corrected chi connectivity index (χ4v) is 0.768. The molecule has 14 heavy (non-hydrogen) atoms. The highest BCUT2D eigenvalue weighted by Gasteiger charge is 2.15. The second-order valence-corrected chi connectivity index (χ2v) is 4.07. The summed E-state index contributed by atoms with van der Waals surface area (Å²) in [4.78, 5) is 0. The van der Waals surface area contributed by atoms with Crippen molar-refractivity contribution >= 4 is 0 Å². The van der Waals surface area contributed by atoms with E-state index in [1.165, 1.54) is 0 Å². The fraction of sp³-hybridized carbons (Fsp3) is 1.00. The van der Waals surface area contributed by atoms with Gasteiger partial charge in [-0.1, -0.05) is 0 Å². The number of ether oxygens (including phenoxy) is 1. The molecule has 0 bridgehead atoms. The average Bonchev–Trinajstić information content (AvgIpc) is 2.01. The number of hydrogen-bond donors (Lipinski definition) is 2. The average molecular weight is 211 g/mol. The van der Waals surface area contributed by atoms with Gasteiger partial charge in [0.2, 0.25) is 0 Å². The summed E-state index contributed by atoms with van der Waals surface area (Å²) in [5, 5.41) is 11.4. The van der Waals surface area contributed by atoms with Gasteiger partial charge in [0.25, 0.3) is 6.43 Å². The van der Waals surface area contributed by atoms with E-state index >= 15 is 0 Å². The first-order valence-corrected chi connectivity index (χ1v) is 4.64. The van der Waals surface area contributed by atoms with Crippen LogP contribution in [0, 0.1) is 0 Å². The zero-order valence-corrected chi connectivity index (χ0v) is 8.89. The van der Waals surface area contributed by atoms with E-state index < -0.39 is 12.5 Å². The van der Waals surface area contributed by atoms with Gasteiger partial charge in [-0.05, 0) is 20.8 Å². The highest BCUT2D eigenvalue weighted by Crippen LogP contribution is 2.05. The van der Waals surface area contributed by atoms with Crippen molar-refractivity contribution in [3.8, 4) is 0 Å². The molecule has 0 aliphatic carbocycles. The van der Waals surface area contributed by atoms with Crippen LogP contribution in [0.25, 0.3) is 0 Å². The lowest BCUT2D eigenvalue weighted by atomic mass is 10.2. The Labute approximate surface area is 83.4 Å². The second-order valence-electron chi connectivity index (χ2n) is 4.07. The lowest BCUT2D eigenvalue weighted by Crippen LogP contribution is -2.35. The molecule has 0 rings (SSSR count). The van der Waals surface area contributed by atoms with Gasteiger partial charge < -0.3 is 15.2 Å². The first kappa shape index (κ1) is 13.7. The molecular weight excluding hydrogens is 192 g/mol. The number of aliphatic hydroxyl groups excluding tert-OH is 1. The number of nitrogens with one attached hydrogen (secondary N) is 1. The summed E-state index contributed by atoms with van der Waals surface area (Å²) < 4.78 is 29.0. The summed E-state index contributed by atoms with van der Waals surface area (Å²) in [5.41, 5.74) is -0.219. The Balaban J connectivity index is 3.30. The van der Waals surface area contributed by atoms with Crippen molar-refractivity contribution in [2.24, 2.45) is 0 Å². The summed E-state index contributed by atoms with van der Waals surface area (Å²) in [5.74, 6) is 0. The van der Waals surface area contributed by atoms with E-state index in [2.05, 4.69) is 5.32 Å². The third-order valence-electron chi connectivity index (χ3n) is 1.46. The topological polar surface area (TPSA) is 41.5 Å². The Kier molecular flexibility index (Phi) is 6.15. The highest BCUT2D eigenvalue weighted by molar-refractivity contribution is 4.62. The summed E-state index contributed by atoms with van der Waals surface area (Å²) >= 11 is 0. The maximum atomic E-state index is 11.8. The minimum absolute atomic E-state index is 0.106. The van der Waals surface area contributed by atoms with Gasteiger partial charge in [0.15, 0.2) is 0 Å². The summed E-state index contributed by atoms with van der Waals surface area (Å²) in [6.07, 6.45) is -4.28. The molecule has 0 saturated heterocycles. The van der Waals surface area contributed by atoms with Crippen molar-refractivity contribution in [3.63, 3.8) is 0 Å². The normalized spacial score (nSPS) is 14.8. The Bertz CT molecular complexity index is 148. The quantitative estimate of drug-likeness (QED) is 0.644. The number of rotatable bonds is 6. The summed E-state index contributed by atoms with van der Waals surface area (Å²) in [6.45, 7) is 6.55. The van der Waals surface area contributed by atoms with Crippen LogP contribution in [0.15, 0.2) is 0 Å². The molecule has 1 atom stereocenters. The molecule has 0 aromatic heterocycles. The number of aliphatic hydroxyl groups is 1. The zero-order chi connectivity index (χ0) is 11.2. The number of halogens is 2. The maximum absolute atomic E-state index is 11.8. The van der Waals surface area contributed by atoms with Gasteiger partial charge in [0.1, 0.15) is 6.10 Å². The van der Waals surface area contributed by atoms with Crippen LogP contribution >= 0.6 is 0 Å². The standard InChI is InChI=1S/C9H19F2NO2/c1-9(2,3)14-5-4-12-6-7(13)8(10)11/h7-8,12-13H,4-6H2,1-3H3. The van der Waals surface area contributed by atoms with E-state index in [-0.39, 0.29) is 12.1 Å². The molecule has 0 spiro atoms. The van der Waals surface area contributed by atoms with Crippen molar-refractivity contribution in [2.75, 3.05) is 19.7 Å². The van der Waals surface area contributed by atoms with Gasteiger partial charge in [0.05, 0.1) is 12.2 Å². The Morgan fingerprint density at radius 3 is 2.36 bits per heavy atom. The predicted molar refractivity (Wildman–Crippen MR) is 50.6 cm³/mol. The fourth-order valence-electron chi connectivity index (χ4n) is 0.768. The third kappa shape index (κ3) is 8.34. The Morgan fingerprint density at radius 1 is 1.36 bits per heavy atom. The van der Waals surface area contributed by atoms with Crippen LogP contribution in [0.5, 0.6) is 0 Å². The molecule has 0 aromatic carbocycles. The molecule has 0 fully saturated rings. The second kappa shape index (κ2) is 6.27. The van der Waals surface area contributed by atoms with E-state index in [9.17, 15) is 8.78 Å². The van der Waals surface area contributed by atoms with Crippen LogP contribution in [0.4, 0.5) is 8.78 Å². The van der Waals surface area contributed by atoms with E-state index in [4.69, 9.17) is 9.84 Å². The van der Waals surface area contributed by atoms with Crippen molar-refractivity contribution in [1.82, 2.24) is 5.32 Å². The lowest BCUT2D eigenvalue weighted by Gasteiger charge is -2.19. The molecule has 0 aliphatic rings. The van der Waals surface area contributed by atoms with Gasteiger partial charge in [-0.2, -0.15) is 0 Å². The van der Waals surface area contributed by atoms with Gasteiger partial charge in [-0.15, -0.1) is 0 Å². The zero-order valence-electron chi connectivity index (χ0n) is 8.89. The molecule has 2 N–H and O–H groups in total. The van der Waals surface area contributed by atoms with Crippen LogP contribution in [-0.2, 0) is 4.74 Å². The maximum Gasteiger partial charge on any atom is 0.265 e. The van der Waals surface area contributed by atoms with Gasteiger partial charge in [-0.25, -0.2) is 8.78 Å². The van der Waals surface area contributed by atoms with Crippen molar-refractivity contribution in [1.29, 1.82) is 0 Å². The minimum atomic E-state index is -2.69. The van der Waals surface area contributed by atoms with Crippen LogP contribution in [0.1, 0.15) is 20.8 Å². The van der Waals surface area contributed by atoms with E-state index in [0.29, 0.717) is 13.2 Å². The number of alkyl halides is 2. The minimum Gasteiger partial charge on any atom is -0.386 e. The monoisotopic (exact) mass is 211 g/mol. The molecule has 86 valence electrons. The largest absolute Gasteiger partial charge is 0.386 e. The number of hydrogen-bond acceptors (Lipinski definition) is 3. The lowest BCUT2D eigenvalue weighted by molar-refractivity contribution is -0.0136. The highest BCUT2D eigenvalue weighted by atomic mass is 19.3. The van der Waals surface area contributed by atoms with E-state index in [1.54, 1.807) is 0 Å². The van der Waals surface area contributed by atoms with Gasteiger partial charge in [-0.3, -0.25) is 0 Å². The molecule has 1 unspecified atom stereocenters. The summed E-state index contributed by atoms with van der Waals surface area (Å²) in [6, 6.07) is 0. The molecule has 5 heteroatoms. The summed E-state index contributed by atoms with van der Waals surface area (Å²) in [7, 11) is 0. The van der Waals surface area contributed by atoms with Crippen molar-refractivity contribution < 1.29 is 18.6 Å². The molecule has 0 radical (unpaired) electrons. The molecule has 0 saturated carbocycles. The van der Waals surface area contributed by atoms with Crippen LogP contribution in [0.3, 0.4) is 0 Å². The van der Waals surface area contributed by atoms with Crippen LogP contribution in [0.2, 0.25) is 0 Å². The first-order valence-electron chi connectivity index (χ1n) is 4.64. The van der Waals surface area contributed by atoms with Gasteiger partial charge >= 0.3 is 0 Å². The van der Waals surface area contributed by atoms with E-state index in [0.717, 1.165) is 0 Å². The molecule has 3 nitrogen and oxygen atoms in total. The van der Waals surface area contributed by atoms with Crippen molar-refractivity contribution in [2.45, 2.75) is 38.9 Å². The van der Waals surface area contributed by atoms with Crippen molar-refractivity contribution in [3.05, 3.63) is 0 Å². The Hall–Kier alpha value is -0.260. The SMILES string of the molecule is CC(C)(C)OCCNCC(O)C(F)F. The molecular formula is C9H19F2NO2. The van der Waals surface area contributed by atoms with Crippen LogP contribution in [-0.4, -0.2) is 42.9 Å². The predicted octanol–water partition coefficient (Wildman–Crippen LogP) is 1.02. The molecule has 0 aromatic rings. The third-order valence-corrected chi connectivity index (χ3v) is 1.46. The molecule has 0 amide bonds. The van der Waals surface area contributed by atoms with E-state index in [1.807, 2.05) is 20.8 Å². The van der Waals surface area contributed by atoms with Gasteiger partial charge in [0, 0.05) is 13.1 Å². The molecule has 0 heterocycles.